The Bertz CT molecular complexity index is 627. The van der Waals surface area contributed by atoms with Crippen molar-refractivity contribution in [1.82, 2.24) is 4.90 Å². The minimum atomic E-state index is -0.0355. The number of hydrogen-bond donors (Lipinski definition) is 0. The molecule has 1 heterocycles. The molecule has 2 aliphatic rings. The predicted molar refractivity (Wildman–Crippen MR) is 106 cm³/mol. The van der Waals surface area contributed by atoms with Crippen molar-refractivity contribution in [3.63, 3.8) is 0 Å². The second-order valence-corrected chi connectivity index (χ2v) is 8.29. The Balaban J connectivity index is 1.87. The first-order chi connectivity index (χ1) is 11.9. The zero-order valence-electron chi connectivity index (χ0n) is 16.6. The van der Waals surface area contributed by atoms with Gasteiger partial charge >= 0.3 is 0 Å². The summed E-state index contributed by atoms with van der Waals surface area (Å²) in [5, 5.41) is 0. The van der Waals surface area contributed by atoms with Crippen molar-refractivity contribution >= 4 is 12.0 Å². The molecule has 1 fully saturated rings. The van der Waals surface area contributed by atoms with Gasteiger partial charge in [-0.2, -0.15) is 0 Å². The Kier molecular flexibility index (Phi) is 5.52. The topological polar surface area (TPSA) is 24.8 Å². The van der Waals surface area contributed by atoms with E-state index in [-0.39, 0.29) is 5.60 Å². The van der Waals surface area contributed by atoms with Crippen LogP contribution in [-0.4, -0.2) is 31.4 Å². The molecule has 0 saturated heterocycles. The summed E-state index contributed by atoms with van der Waals surface area (Å²) in [6, 6.07) is 4.67. The number of benzene rings is 1. The monoisotopic (exact) mass is 342 g/mol. The first kappa shape index (κ1) is 18.4. The molecule has 138 valence electrons. The van der Waals surface area contributed by atoms with Crippen LogP contribution in [0.3, 0.4) is 0 Å². The van der Waals surface area contributed by atoms with Crippen LogP contribution in [0.1, 0.15) is 63.1 Å². The number of nitrogens with zero attached hydrogens (tertiary/aromatic N) is 2. The van der Waals surface area contributed by atoms with Crippen LogP contribution in [0, 0.1) is 18.8 Å². The molecule has 1 aliphatic carbocycles. The zero-order chi connectivity index (χ0) is 18.0. The van der Waals surface area contributed by atoms with Crippen LogP contribution in [0.2, 0.25) is 0 Å². The summed E-state index contributed by atoms with van der Waals surface area (Å²) in [7, 11) is 2.06. The molecule has 1 aromatic rings. The predicted octanol–water partition coefficient (Wildman–Crippen LogP) is 5.22. The minimum Gasteiger partial charge on any atom is -0.370 e. The fourth-order valence-corrected chi connectivity index (χ4v) is 4.37. The van der Waals surface area contributed by atoms with Gasteiger partial charge in [0.1, 0.15) is 0 Å². The number of fused-ring (bicyclic) bond motifs is 2. The third-order valence-electron chi connectivity index (χ3n) is 6.34. The molecule has 1 spiro atoms. The van der Waals surface area contributed by atoms with Crippen LogP contribution < -0.4 is 0 Å². The van der Waals surface area contributed by atoms with Gasteiger partial charge in [0, 0.05) is 13.6 Å². The highest BCUT2D eigenvalue weighted by Crippen LogP contribution is 2.48. The van der Waals surface area contributed by atoms with E-state index in [0.29, 0.717) is 0 Å². The van der Waals surface area contributed by atoms with E-state index in [2.05, 4.69) is 51.8 Å². The standard InChI is InChI=1S/C22H34N2O/c1-6-24(5)15-23-21-14-19-9-12-25-22(20(19)13-17(21)4)10-7-18(8-11-22)16(2)3/h13-16,18H,6-12H2,1-5H3. The van der Waals surface area contributed by atoms with Crippen molar-refractivity contribution in [2.75, 3.05) is 20.2 Å². The Labute approximate surface area is 153 Å². The van der Waals surface area contributed by atoms with E-state index in [0.717, 1.165) is 37.1 Å². The van der Waals surface area contributed by atoms with Crippen LogP contribution in [0.4, 0.5) is 5.69 Å². The van der Waals surface area contributed by atoms with Crippen molar-refractivity contribution < 1.29 is 4.74 Å². The molecule has 1 saturated carbocycles. The highest BCUT2D eigenvalue weighted by Gasteiger charge is 2.41. The summed E-state index contributed by atoms with van der Waals surface area (Å²) in [6.45, 7) is 10.9. The second-order valence-electron chi connectivity index (χ2n) is 8.29. The molecule has 1 aromatic carbocycles. The van der Waals surface area contributed by atoms with Gasteiger partial charge in [0.15, 0.2) is 0 Å². The lowest BCUT2D eigenvalue weighted by molar-refractivity contribution is -0.0954. The zero-order valence-corrected chi connectivity index (χ0v) is 16.6. The van der Waals surface area contributed by atoms with Gasteiger partial charge in [-0.15, -0.1) is 0 Å². The molecular weight excluding hydrogens is 308 g/mol. The molecule has 1 aliphatic heterocycles. The number of ether oxygens (including phenoxy) is 1. The van der Waals surface area contributed by atoms with Gasteiger partial charge in [0.2, 0.25) is 0 Å². The molecule has 3 heteroatoms. The molecule has 3 rings (SSSR count). The lowest BCUT2D eigenvalue weighted by atomic mass is 9.69. The van der Waals surface area contributed by atoms with Crippen molar-refractivity contribution in [1.29, 1.82) is 0 Å². The van der Waals surface area contributed by atoms with Crippen LogP contribution >= 0.6 is 0 Å². The molecule has 0 unspecified atom stereocenters. The summed E-state index contributed by atoms with van der Waals surface area (Å²) < 4.78 is 6.42. The molecule has 0 atom stereocenters. The van der Waals surface area contributed by atoms with Crippen LogP contribution in [0.5, 0.6) is 0 Å². The summed E-state index contributed by atoms with van der Waals surface area (Å²) in [5.41, 5.74) is 5.22. The average molecular weight is 343 g/mol. The number of aliphatic imine (C=N–C) groups is 1. The van der Waals surface area contributed by atoms with Gasteiger partial charge in [-0.1, -0.05) is 19.9 Å². The largest absolute Gasteiger partial charge is 0.370 e. The van der Waals surface area contributed by atoms with Gasteiger partial charge in [0.05, 0.1) is 24.2 Å². The van der Waals surface area contributed by atoms with Crippen molar-refractivity contribution in [3.05, 3.63) is 28.8 Å². The molecule has 25 heavy (non-hydrogen) atoms. The molecule has 0 aromatic heterocycles. The molecule has 0 amide bonds. The molecule has 0 radical (unpaired) electrons. The number of aryl methyl sites for hydroxylation is 1. The van der Waals surface area contributed by atoms with E-state index in [1.807, 2.05) is 6.34 Å². The van der Waals surface area contributed by atoms with E-state index < -0.39 is 0 Å². The van der Waals surface area contributed by atoms with Crippen molar-refractivity contribution in [2.45, 2.75) is 65.4 Å². The van der Waals surface area contributed by atoms with Gasteiger partial charge in [-0.05, 0) is 80.5 Å². The molecule has 3 nitrogen and oxygen atoms in total. The minimum absolute atomic E-state index is 0.0355. The van der Waals surface area contributed by atoms with Crippen LogP contribution in [0.25, 0.3) is 0 Å². The Morgan fingerprint density at radius 3 is 2.68 bits per heavy atom. The Morgan fingerprint density at radius 1 is 1.32 bits per heavy atom. The normalized spacial score (nSPS) is 26.4. The summed E-state index contributed by atoms with van der Waals surface area (Å²) in [5.74, 6) is 1.64. The SMILES string of the molecule is CCN(C)C=Nc1cc2c(cc1C)C1(CCC(C(C)C)CC1)OCC2. The second kappa shape index (κ2) is 7.49. The quantitative estimate of drug-likeness (QED) is 0.553. The number of rotatable bonds is 4. The lowest BCUT2D eigenvalue weighted by Crippen LogP contribution is -2.39. The lowest BCUT2D eigenvalue weighted by Gasteiger charge is -2.45. The van der Waals surface area contributed by atoms with E-state index in [1.54, 1.807) is 0 Å². The Morgan fingerprint density at radius 2 is 2.04 bits per heavy atom. The highest BCUT2D eigenvalue weighted by atomic mass is 16.5. The van der Waals surface area contributed by atoms with Crippen molar-refractivity contribution in [3.8, 4) is 0 Å². The summed E-state index contributed by atoms with van der Waals surface area (Å²) in [4.78, 5) is 6.82. The highest BCUT2D eigenvalue weighted by molar-refractivity contribution is 5.64. The van der Waals surface area contributed by atoms with Crippen LogP contribution in [-0.2, 0) is 16.8 Å². The average Bonchev–Trinajstić information content (AvgIpc) is 2.61. The maximum absolute atomic E-state index is 6.42. The summed E-state index contributed by atoms with van der Waals surface area (Å²) >= 11 is 0. The van der Waals surface area contributed by atoms with Gasteiger partial charge in [-0.3, -0.25) is 0 Å². The van der Waals surface area contributed by atoms with E-state index in [9.17, 15) is 0 Å². The van der Waals surface area contributed by atoms with Crippen LogP contribution in [0.15, 0.2) is 17.1 Å². The molecule has 0 N–H and O–H groups in total. The van der Waals surface area contributed by atoms with Gasteiger partial charge in [0.25, 0.3) is 0 Å². The first-order valence-corrected chi connectivity index (χ1v) is 9.97. The molecular formula is C22H34N2O. The third-order valence-corrected chi connectivity index (χ3v) is 6.34. The molecule has 0 bridgehead atoms. The first-order valence-electron chi connectivity index (χ1n) is 9.97. The Hall–Kier alpha value is -1.35. The smallest absolute Gasteiger partial charge is 0.0934 e. The van der Waals surface area contributed by atoms with E-state index in [4.69, 9.17) is 9.73 Å². The fraction of sp³-hybridized carbons (Fsp3) is 0.682. The number of hydrogen-bond acceptors (Lipinski definition) is 2. The van der Waals surface area contributed by atoms with Gasteiger partial charge in [-0.25, -0.2) is 4.99 Å². The van der Waals surface area contributed by atoms with E-state index >= 15 is 0 Å². The maximum atomic E-state index is 6.42. The summed E-state index contributed by atoms with van der Waals surface area (Å²) in [6.07, 6.45) is 7.87. The fourth-order valence-electron chi connectivity index (χ4n) is 4.37. The maximum Gasteiger partial charge on any atom is 0.0934 e. The van der Waals surface area contributed by atoms with E-state index in [1.165, 1.54) is 42.4 Å². The third kappa shape index (κ3) is 3.76. The van der Waals surface area contributed by atoms with Gasteiger partial charge < -0.3 is 9.64 Å². The van der Waals surface area contributed by atoms with Crippen molar-refractivity contribution in [2.24, 2.45) is 16.8 Å².